The van der Waals surface area contributed by atoms with Crippen LogP contribution in [0.15, 0.2) is 4.42 Å². The third kappa shape index (κ3) is 4.02. The van der Waals surface area contributed by atoms with Crippen molar-refractivity contribution >= 4 is 5.91 Å². The zero-order chi connectivity index (χ0) is 17.2. The van der Waals surface area contributed by atoms with Gasteiger partial charge in [0.05, 0.1) is 26.4 Å². The van der Waals surface area contributed by atoms with E-state index in [0.717, 1.165) is 0 Å². The number of aromatic nitrogens is 2. The minimum atomic E-state index is -4.66. The average Bonchev–Trinajstić information content (AvgIpc) is 3.04. The Bertz CT molecular complexity index is 574. The predicted octanol–water partition coefficient (Wildman–Crippen LogP) is 0.148. The summed E-state index contributed by atoms with van der Waals surface area (Å²) in [6, 6.07) is 0. The summed E-state index contributed by atoms with van der Waals surface area (Å²) in [6.45, 7) is 3.08. The summed E-state index contributed by atoms with van der Waals surface area (Å²) in [4.78, 5) is 15.8. The number of halogens is 3. The first-order valence-electron chi connectivity index (χ1n) is 7.53. The fraction of sp³-hybridized carbons (Fsp3) is 0.769. The molecule has 0 aliphatic carbocycles. The van der Waals surface area contributed by atoms with Crippen molar-refractivity contribution < 1.29 is 31.9 Å². The number of amides is 1. The van der Waals surface area contributed by atoms with Gasteiger partial charge in [-0.15, -0.1) is 10.2 Å². The lowest BCUT2D eigenvalue weighted by atomic mass is 10.2. The predicted molar refractivity (Wildman–Crippen MR) is 71.7 cm³/mol. The first kappa shape index (κ1) is 17.1. The Balaban J connectivity index is 1.57. The molecule has 134 valence electrons. The Kier molecular flexibility index (Phi) is 5.01. The summed E-state index contributed by atoms with van der Waals surface area (Å²) in [6.07, 6.45) is -5.31. The van der Waals surface area contributed by atoms with Crippen LogP contribution in [0.2, 0.25) is 0 Å². The second-order valence-corrected chi connectivity index (χ2v) is 5.53. The molecule has 11 heteroatoms. The molecule has 0 bridgehead atoms. The summed E-state index contributed by atoms with van der Waals surface area (Å²) >= 11 is 0. The monoisotopic (exact) mass is 350 g/mol. The highest BCUT2D eigenvalue weighted by Gasteiger charge is 2.38. The van der Waals surface area contributed by atoms with Crippen LogP contribution >= 0.6 is 0 Å². The molecule has 1 unspecified atom stereocenters. The fourth-order valence-electron chi connectivity index (χ4n) is 2.61. The Morgan fingerprint density at radius 1 is 1.17 bits per heavy atom. The molecule has 1 aromatic rings. The Labute approximate surface area is 135 Å². The Morgan fingerprint density at radius 2 is 1.92 bits per heavy atom. The molecular formula is C13H17F3N4O4. The van der Waals surface area contributed by atoms with Crippen LogP contribution in [0.4, 0.5) is 13.2 Å². The summed E-state index contributed by atoms with van der Waals surface area (Å²) in [5, 5.41) is 6.40. The number of carbonyl (C=O) groups excluding carboxylic acids is 1. The smallest absolute Gasteiger partial charge is 0.416 e. The van der Waals surface area contributed by atoms with Crippen LogP contribution in [0.3, 0.4) is 0 Å². The molecule has 0 N–H and O–H groups in total. The Hall–Kier alpha value is -1.72. The normalized spacial score (nSPS) is 23.5. The molecule has 0 radical (unpaired) electrons. The van der Waals surface area contributed by atoms with Crippen LogP contribution in [0.25, 0.3) is 0 Å². The maximum absolute atomic E-state index is 12.5. The number of hydrogen-bond acceptors (Lipinski definition) is 7. The summed E-state index contributed by atoms with van der Waals surface area (Å²) in [7, 11) is 0. The van der Waals surface area contributed by atoms with Gasteiger partial charge >= 0.3 is 12.1 Å². The average molecular weight is 350 g/mol. The molecule has 2 saturated heterocycles. The zero-order valence-electron chi connectivity index (χ0n) is 12.8. The first-order chi connectivity index (χ1) is 11.4. The van der Waals surface area contributed by atoms with E-state index >= 15 is 0 Å². The number of nitrogens with zero attached hydrogens (tertiary/aromatic N) is 4. The summed E-state index contributed by atoms with van der Waals surface area (Å²) in [5.74, 6) is -1.64. The fourth-order valence-corrected chi connectivity index (χ4v) is 2.61. The van der Waals surface area contributed by atoms with Crippen LogP contribution in [-0.4, -0.2) is 78.0 Å². The van der Waals surface area contributed by atoms with Crippen molar-refractivity contribution in [1.29, 1.82) is 0 Å². The standard InChI is InChI=1S/C13H17F3N4O4/c14-13(15,16)12-18-17-10(24-12)8-19-1-6-23-9(7-19)11(21)20-2-4-22-5-3-20/h9H,1-8H2. The third-order valence-corrected chi connectivity index (χ3v) is 3.82. The van der Waals surface area contributed by atoms with Crippen molar-refractivity contribution in [2.45, 2.75) is 18.8 Å². The number of alkyl halides is 3. The molecular weight excluding hydrogens is 333 g/mol. The molecule has 0 spiro atoms. The third-order valence-electron chi connectivity index (χ3n) is 3.82. The van der Waals surface area contributed by atoms with Crippen molar-refractivity contribution in [1.82, 2.24) is 20.0 Å². The van der Waals surface area contributed by atoms with E-state index in [0.29, 0.717) is 39.5 Å². The lowest BCUT2D eigenvalue weighted by Crippen LogP contribution is -2.53. The van der Waals surface area contributed by atoms with Gasteiger partial charge < -0.3 is 18.8 Å². The van der Waals surface area contributed by atoms with Crippen LogP contribution in [0.5, 0.6) is 0 Å². The minimum Gasteiger partial charge on any atom is -0.416 e. The van der Waals surface area contributed by atoms with Crippen molar-refractivity contribution in [2.24, 2.45) is 0 Å². The zero-order valence-corrected chi connectivity index (χ0v) is 12.8. The van der Waals surface area contributed by atoms with Gasteiger partial charge in [0.15, 0.2) is 0 Å². The molecule has 8 nitrogen and oxygen atoms in total. The highest BCUT2D eigenvalue weighted by molar-refractivity contribution is 5.81. The lowest BCUT2D eigenvalue weighted by molar-refractivity contribution is -0.158. The molecule has 3 rings (SSSR count). The first-order valence-corrected chi connectivity index (χ1v) is 7.53. The molecule has 0 aromatic carbocycles. The molecule has 3 heterocycles. The van der Waals surface area contributed by atoms with E-state index < -0.39 is 18.2 Å². The molecule has 1 amide bonds. The van der Waals surface area contributed by atoms with Crippen LogP contribution in [-0.2, 0) is 27.0 Å². The largest absolute Gasteiger partial charge is 0.470 e. The quantitative estimate of drug-likeness (QED) is 0.767. The second-order valence-electron chi connectivity index (χ2n) is 5.53. The van der Waals surface area contributed by atoms with E-state index in [1.165, 1.54) is 0 Å². The van der Waals surface area contributed by atoms with Crippen molar-refractivity contribution in [3.63, 3.8) is 0 Å². The Morgan fingerprint density at radius 3 is 2.58 bits per heavy atom. The van der Waals surface area contributed by atoms with Gasteiger partial charge in [-0.3, -0.25) is 9.69 Å². The minimum absolute atomic E-state index is 0.0410. The number of ether oxygens (including phenoxy) is 2. The number of hydrogen-bond donors (Lipinski definition) is 0. The summed E-state index contributed by atoms with van der Waals surface area (Å²) < 4.78 is 52.7. The second kappa shape index (κ2) is 7.03. The van der Waals surface area contributed by atoms with Gasteiger partial charge in [-0.1, -0.05) is 0 Å². The van der Waals surface area contributed by atoms with Gasteiger partial charge in [0.25, 0.3) is 5.91 Å². The maximum Gasteiger partial charge on any atom is 0.470 e. The van der Waals surface area contributed by atoms with E-state index in [2.05, 4.69) is 14.6 Å². The van der Waals surface area contributed by atoms with Crippen LogP contribution in [0.1, 0.15) is 11.8 Å². The van der Waals surface area contributed by atoms with E-state index in [1.54, 1.807) is 9.80 Å². The molecule has 1 aromatic heterocycles. The molecule has 2 fully saturated rings. The maximum atomic E-state index is 12.5. The molecule has 2 aliphatic rings. The van der Waals surface area contributed by atoms with Gasteiger partial charge in [0.2, 0.25) is 5.89 Å². The van der Waals surface area contributed by atoms with Crippen LogP contribution in [0, 0.1) is 0 Å². The highest BCUT2D eigenvalue weighted by atomic mass is 19.4. The highest BCUT2D eigenvalue weighted by Crippen LogP contribution is 2.28. The van der Waals surface area contributed by atoms with Gasteiger partial charge in [0, 0.05) is 26.2 Å². The number of rotatable bonds is 3. The number of carbonyl (C=O) groups is 1. The lowest BCUT2D eigenvalue weighted by Gasteiger charge is -2.35. The SMILES string of the molecule is O=C(C1CN(Cc2nnc(C(F)(F)F)o2)CCO1)N1CCOCC1. The van der Waals surface area contributed by atoms with Gasteiger partial charge in [0.1, 0.15) is 6.10 Å². The van der Waals surface area contributed by atoms with Crippen molar-refractivity contribution in [2.75, 3.05) is 46.0 Å². The van der Waals surface area contributed by atoms with Crippen molar-refractivity contribution in [3.8, 4) is 0 Å². The van der Waals surface area contributed by atoms with E-state index in [9.17, 15) is 18.0 Å². The molecule has 0 saturated carbocycles. The van der Waals surface area contributed by atoms with E-state index in [1.807, 2.05) is 0 Å². The van der Waals surface area contributed by atoms with Gasteiger partial charge in [-0.2, -0.15) is 13.2 Å². The van der Waals surface area contributed by atoms with E-state index in [-0.39, 0.29) is 24.9 Å². The topological polar surface area (TPSA) is 80.9 Å². The number of morpholine rings is 2. The summed E-state index contributed by atoms with van der Waals surface area (Å²) in [5.41, 5.74) is 0. The van der Waals surface area contributed by atoms with Gasteiger partial charge in [-0.05, 0) is 0 Å². The molecule has 1 atom stereocenters. The molecule has 24 heavy (non-hydrogen) atoms. The van der Waals surface area contributed by atoms with Crippen LogP contribution < -0.4 is 0 Å². The van der Waals surface area contributed by atoms with Gasteiger partial charge in [-0.25, -0.2) is 0 Å². The van der Waals surface area contributed by atoms with E-state index in [4.69, 9.17) is 9.47 Å². The van der Waals surface area contributed by atoms with Crippen molar-refractivity contribution in [3.05, 3.63) is 11.8 Å². The molecule has 2 aliphatic heterocycles.